The van der Waals surface area contributed by atoms with Gasteiger partial charge in [0.2, 0.25) is 5.91 Å². The first-order valence-electron chi connectivity index (χ1n) is 7.56. The lowest BCUT2D eigenvalue weighted by atomic mass is 9.98. The number of carbonyl (C=O) groups excluding carboxylic acids is 1. The van der Waals surface area contributed by atoms with Gasteiger partial charge in [-0.2, -0.15) is 0 Å². The second-order valence-corrected chi connectivity index (χ2v) is 6.97. The summed E-state index contributed by atoms with van der Waals surface area (Å²) in [4.78, 5) is 27.1. The van der Waals surface area contributed by atoms with Crippen molar-refractivity contribution in [3.8, 4) is 0 Å². The Morgan fingerprint density at radius 1 is 1.43 bits per heavy atom. The Bertz CT molecular complexity index is 562. The summed E-state index contributed by atoms with van der Waals surface area (Å²) in [6.45, 7) is 6.72. The van der Waals surface area contributed by atoms with Gasteiger partial charge in [0.05, 0.1) is 12.1 Å². The van der Waals surface area contributed by atoms with Crippen molar-refractivity contribution in [1.29, 1.82) is 0 Å². The number of thiazole rings is 1. The maximum absolute atomic E-state index is 12.4. The highest BCUT2D eigenvalue weighted by Gasteiger charge is 2.29. The molecule has 2 atom stereocenters. The molecule has 1 amide bonds. The summed E-state index contributed by atoms with van der Waals surface area (Å²) in [5, 5.41) is 9.83. The molecule has 0 saturated carbocycles. The molecule has 118 valence electrons. The van der Waals surface area contributed by atoms with Crippen molar-refractivity contribution in [2.45, 2.75) is 65.1 Å². The second kappa shape index (κ2) is 6.75. The largest absolute Gasteiger partial charge is 0.391 e. The van der Waals surface area contributed by atoms with Crippen LogP contribution in [0.1, 0.15) is 43.2 Å². The predicted molar refractivity (Wildman–Crippen MR) is 83.7 cm³/mol. The summed E-state index contributed by atoms with van der Waals surface area (Å²) in [5.74, 6) is 0.0377. The first-order valence-corrected chi connectivity index (χ1v) is 8.38. The van der Waals surface area contributed by atoms with Crippen LogP contribution in [-0.2, 0) is 11.3 Å². The normalized spacial score (nSPS) is 20.6. The number of aliphatic hydroxyl groups excluding tert-OH is 1. The quantitative estimate of drug-likeness (QED) is 0.920. The van der Waals surface area contributed by atoms with Gasteiger partial charge in [0.15, 0.2) is 0 Å². The number of rotatable bonds is 4. The molecule has 0 aromatic carbocycles. The third kappa shape index (κ3) is 3.55. The molecular weight excluding hydrogens is 288 g/mol. The van der Waals surface area contributed by atoms with Crippen molar-refractivity contribution in [3.05, 3.63) is 20.2 Å². The van der Waals surface area contributed by atoms with E-state index in [0.29, 0.717) is 19.5 Å². The minimum atomic E-state index is -0.498. The minimum Gasteiger partial charge on any atom is -0.391 e. The van der Waals surface area contributed by atoms with Crippen LogP contribution in [0.25, 0.3) is 0 Å². The Morgan fingerprint density at radius 3 is 2.71 bits per heavy atom. The van der Waals surface area contributed by atoms with Crippen LogP contribution in [0.3, 0.4) is 0 Å². The molecule has 5 nitrogen and oxygen atoms in total. The molecule has 1 aliphatic heterocycles. The van der Waals surface area contributed by atoms with Crippen molar-refractivity contribution in [2.24, 2.45) is 0 Å². The van der Waals surface area contributed by atoms with Crippen molar-refractivity contribution >= 4 is 17.2 Å². The van der Waals surface area contributed by atoms with Gasteiger partial charge in [0, 0.05) is 30.1 Å². The Morgan fingerprint density at radius 2 is 2.14 bits per heavy atom. The number of carbonyl (C=O) groups is 1. The van der Waals surface area contributed by atoms with E-state index in [-0.39, 0.29) is 16.8 Å². The summed E-state index contributed by atoms with van der Waals surface area (Å²) >= 11 is 1.23. The summed E-state index contributed by atoms with van der Waals surface area (Å²) in [5.41, 5.74) is 0.948. The second-order valence-electron chi connectivity index (χ2n) is 5.80. The van der Waals surface area contributed by atoms with Crippen molar-refractivity contribution < 1.29 is 9.90 Å². The number of aryl methyl sites for hydroxylation is 1. The lowest BCUT2D eigenvalue weighted by molar-refractivity contribution is -0.137. The Kier molecular flexibility index (Phi) is 5.22. The van der Waals surface area contributed by atoms with Crippen LogP contribution in [0.15, 0.2) is 4.79 Å². The van der Waals surface area contributed by atoms with Crippen LogP contribution in [0.5, 0.6) is 0 Å². The Balaban J connectivity index is 2.02. The topological polar surface area (TPSA) is 62.5 Å². The van der Waals surface area contributed by atoms with E-state index in [1.807, 2.05) is 13.8 Å². The third-order valence-electron chi connectivity index (χ3n) is 4.35. The highest BCUT2D eigenvalue weighted by Crippen LogP contribution is 2.21. The maximum Gasteiger partial charge on any atom is 0.307 e. The average molecular weight is 312 g/mol. The van der Waals surface area contributed by atoms with E-state index in [0.717, 1.165) is 29.8 Å². The highest BCUT2D eigenvalue weighted by atomic mass is 32.1. The van der Waals surface area contributed by atoms with Gasteiger partial charge >= 0.3 is 4.87 Å². The van der Waals surface area contributed by atoms with Crippen LogP contribution in [0, 0.1) is 13.8 Å². The molecule has 1 aromatic heterocycles. The lowest BCUT2D eigenvalue weighted by Gasteiger charge is -2.37. The fraction of sp³-hybridized carbons (Fsp3) is 0.733. The Labute approximate surface area is 129 Å². The van der Waals surface area contributed by atoms with Crippen LogP contribution >= 0.6 is 11.3 Å². The van der Waals surface area contributed by atoms with E-state index in [1.54, 1.807) is 16.4 Å². The van der Waals surface area contributed by atoms with Gasteiger partial charge < -0.3 is 14.6 Å². The number of likely N-dealkylation sites (tertiary alicyclic amines) is 1. The van der Waals surface area contributed by atoms with Gasteiger partial charge in [0.1, 0.15) is 0 Å². The Hall–Kier alpha value is -1.14. The standard InChI is InChI=1S/C15H24N2O3S/c1-10-12(3)21-15(20)16(10)9-7-14(19)17-8-5-4-6-13(17)11(2)18/h11,13,18H,4-9H2,1-3H3/t11-,13-/m0/s1. The zero-order chi connectivity index (χ0) is 15.6. The molecular formula is C15H24N2O3S. The fourth-order valence-corrected chi connectivity index (χ4v) is 3.82. The number of amides is 1. The zero-order valence-electron chi connectivity index (χ0n) is 13.0. The maximum atomic E-state index is 12.4. The molecule has 0 aliphatic carbocycles. The third-order valence-corrected chi connectivity index (χ3v) is 5.35. The molecule has 0 spiro atoms. The van der Waals surface area contributed by atoms with E-state index in [9.17, 15) is 14.7 Å². The molecule has 1 aromatic rings. The van der Waals surface area contributed by atoms with E-state index in [2.05, 4.69) is 0 Å². The fourth-order valence-electron chi connectivity index (χ4n) is 2.97. The van der Waals surface area contributed by atoms with E-state index in [4.69, 9.17) is 0 Å². The monoisotopic (exact) mass is 312 g/mol. The highest BCUT2D eigenvalue weighted by molar-refractivity contribution is 7.09. The average Bonchev–Trinajstić information content (AvgIpc) is 2.70. The number of aliphatic hydroxyl groups is 1. The minimum absolute atomic E-state index is 0.00326. The lowest BCUT2D eigenvalue weighted by Crippen LogP contribution is -2.49. The number of piperidine rings is 1. The molecule has 2 heterocycles. The molecule has 0 bridgehead atoms. The number of hydrogen-bond acceptors (Lipinski definition) is 4. The van der Waals surface area contributed by atoms with Gasteiger partial charge in [-0.3, -0.25) is 9.59 Å². The van der Waals surface area contributed by atoms with Crippen LogP contribution in [0.2, 0.25) is 0 Å². The molecule has 21 heavy (non-hydrogen) atoms. The zero-order valence-corrected chi connectivity index (χ0v) is 13.8. The van der Waals surface area contributed by atoms with E-state index < -0.39 is 6.10 Å². The molecule has 1 N–H and O–H groups in total. The van der Waals surface area contributed by atoms with Crippen molar-refractivity contribution in [2.75, 3.05) is 6.54 Å². The van der Waals surface area contributed by atoms with Gasteiger partial charge in [-0.05, 0) is 40.0 Å². The van der Waals surface area contributed by atoms with Crippen LogP contribution in [-0.4, -0.2) is 39.2 Å². The first kappa shape index (κ1) is 16.2. The summed E-state index contributed by atoms with van der Waals surface area (Å²) < 4.78 is 1.68. The molecule has 1 fully saturated rings. The summed E-state index contributed by atoms with van der Waals surface area (Å²) in [6.07, 6.45) is 2.73. The molecule has 1 saturated heterocycles. The van der Waals surface area contributed by atoms with Crippen molar-refractivity contribution in [3.63, 3.8) is 0 Å². The SMILES string of the molecule is Cc1sc(=O)n(CCC(=O)N2CCCC[C@H]2[C@H](C)O)c1C. The predicted octanol–water partition coefficient (Wildman–Crippen LogP) is 1.68. The summed E-state index contributed by atoms with van der Waals surface area (Å²) in [7, 11) is 0. The van der Waals surface area contributed by atoms with Crippen LogP contribution < -0.4 is 4.87 Å². The molecule has 1 aliphatic rings. The number of nitrogens with zero attached hydrogens (tertiary/aromatic N) is 2. The molecule has 6 heteroatoms. The van der Waals surface area contributed by atoms with E-state index in [1.165, 1.54) is 11.3 Å². The van der Waals surface area contributed by atoms with Crippen LogP contribution in [0.4, 0.5) is 0 Å². The van der Waals surface area contributed by atoms with Gasteiger partial charge in [-0.1, -0.05) is 11.3 Å². The van der Waals surface area contributed by atoms with Gasteiger partial charge in [-0.15, -0.1) is 0 Å². The number of hydrogen-bond donors (Lipinski definition) is 1. The molecule has 0 radical (unpaired) electrons. The smallest absolute Gasteiger partial charge is 0.307 e. The first-order chi connectivity index (χ1) is 9.91. The van der Waals surface area contributed by atoms with E-state index >= 15 is 0 Å². The van der Waals surface area contributed by atoms with Crippen molar-refractivity contribution in [1.82, 2.24) is 9.47 Å². The summed E-state index contributed by atoms with van der Waals surface area (Å²) in [6, 6.07) is -0.0757. The number of aromatic nitrogens is 1. The van der Waals surface area contributed by atoms with Gasteiger partial charge in [0.25, 0.3) is 0 Å². The molecule has 2 rings (SSSR count). The van der Waals surface area contributed by atoms with Gasteiger partial charge in [-0.25, -0.2) is 0 Å². The molecule has 0 unspecified atom stereocenters.